The maximum absolute atomic E-state index is 11.3. The van der Waals surface area contributed by atoms with Crippen LogP contribution in [0.2, 0.25) is 0 Å². The van der Waals surface area contributed by atoms with Crippen LogP contribution >= 0.6 is 0 Å². The van der Waals surface area contributed by atoms with E-state index in [2.05, 4.69) is 52.0 Å². The molecule has 24 heavy (non-hydrogen) atoms. The zero-order valence-corrected chi connectivity index (χ0v) is 15.6. The minimum absolute atomic E-state index is 0.103. The molecule has 4 nitrogen and oxygen atoms in total. The summed E-state index contributed by atoms with van der Waals surface area (Å²) in [6, 6.07) is 8.38. The number of esters is 1. The largest absolute Gasteiger partial charge is 0.494 e. The van der Waals surface area contributed by atoms with E-state index in [9.17, 15) is 4.79 Å². The summed E-state index contributed by atoms with van der Waals surface area (Å²) in [7, 11) is -0.312. The lowest BCUT2D eigenvalue weighted by Gasteiger charge is -2.32. The van der Waals surface area contributed by atoms with Crippen LogP contribution in [0, 0.1) is 0 Å². The summed E-state index contributed by atoms with van der Waals surface area (Å²) >= 11 is 0. The summed E-state index contributed by atoms with van der Waals surface area (Å²) in [5, 5.41) is 0. The first-order chi connectivity index (χ1) is 11.2. The molecule has 0 aliphatic carbocycles. The summed E-state index contributed by atoms with van der Waals surface area (Å²) in [6.07, 6.45) is 3.30. The van der Waals surface area contributed by atoms with Crippen molar-refractivity contribution in [1.82, 2.24) is 0 Å². The molecule has 2 rings (SSSR count). The first-order valence-electron chi connectivity index (χ1n) is 8.85. The van der Waals surface area contributed by atoms with E-state index in [-0.39, 0.29) is 24.3 Å². The van der Waals surface area contributed by atoms with Crippen LogP contribution < -0.4 is 5.46 Å². The van der Waals surface area contributed by atoms with E-state index in [1.54, 1.807) is 0 Å². The van der Waals surface area contributed by atoms with Crippen molar-refractivity contribution in [2.45, 2.75) is 71.5 Å². The predicted molar refractivity (Wildman–Crippen MR) is 96.3 cm³/mol. The Morgan fingerprint density at radius 3 is 2.17 bits per heavy atom. The number of benzene rings is 1. The molecular weight excluding hydrogens is 303 g/mol. The molecule has 1 aliphatic rings. The van der Waals surface area contributed by atoms with E-state index in [1.807, 2.05) is 6.92 Å². The SMILES string of the molecule is CCOC(=O)CCCCc1ccc(B2OC(C)(C)C(C)(C)O2)cc1. The maximum atomic E-state index is 11.3. The van der Waals surface area contributed by atoms with Crippen molar-refractivity contribution in [2.75, 3.05) is 6.61 Å². The normalized spacial score (nSPS) is 18.6. The number of hydrogen-bond donors (Lipinski definition) is 0. The Kier molecular flexibility index (Phi) is 6.10. The van der Waals surface area contributed by atoms with Gasteiger partial charge in [0.1, 0.15) is 0 Å². The second kappa shape index (κ2) is 7.71. The quantitative estimate of drug-likeness (QED) is 0.437. The number of carbonyl (C=O) groups excluding carboxylic acids is 1. The molecule has 5 heteroatoms. The van der Waals surface area contributed by atoms with Crippen LogP contribution in [0.4, 0.5) is 0 Å². The van der Waals surface area contributed by atoms with Crippen molar-refractivity contribution in [3.63, 3.8) is 0 Å². The summed E-state index contributed by atoms with van der Waals surface area (Å²) in [5.41, 5.74) is 1.68. The highest BCUT2D eigenvalue weighted by molar-refractivity contribution is 6.62. The topological polar surface area (TPSA) is 44.8 Å². The average Bonchev–Trinajstić information content (AvgIpc) is 2.73. The van der Waals surface area contributed by atoms with E-state index in [0.29, 0.717) is 13.0 Å². The Labute approximate surface area is 146 Å². The van der Waals surface area contributed by atoms with Gasteiger partial charge >= 0.3 is 13.1 Å². The van der Waals surface area contributed by atoms with Gasteiger partial charge in [-0.25, -0.2) is 0 Å². The zero-order valence-electron chi connectivity index (χ0n) is 15.6. The van der Waals surface area contributed by atoms with Gasteiger partial charge in [0.25, 0.3) is 0 Å². The molecule has 0 bridgehead atoms. The third kappa shape index (κ3) is 4.61. The summed E-state index contributed by atoms with van der Waals surface area (Å²) < 4.78 is 17.1. The molecule has 1 saturated heterocycles. The molecule has 0 amide bonds. The van der Waals surface area contributed by atoms with E-state index in [1.165, 1.54) is 5.56 Å². The fourth-order valence-electron chi connectivity index (χ4n) is 2.65. The lowest BCUT2D eigenvalue weighted by molar-refractivity contribution is -0.143. The smallest absolute Gasteiger partial charge is 0.466 e. The Morgan fingerprint density at radius 1 is 1.04 bits per heavy atom. The lowest BCUT2D eigenvalue weighted by atomic mass is 9.78. The Balaban J connectivity index is 1.83. The first kappa shape index (κ1) is 19.0. The van der Waals surface area contributed by atoms with Crippen LogP contribution in [0.3, 0.4) is 0 Å². The molecule has 1 aliphatic heterocycles. The Bertz CT molecular complexity index is 535. The third-order valence-corrected chi connectivity index (χ3v) is 4.91. The lowest BCUT2D eigenvalue weighted by Crippen LogP contribution is -2.41. The van der Waals surface area contributed by atoms with Crippen molar-refractivity contribution in [3.8, 4) is 0 Å². The third-order valence-electron chi connectivity index (χ3n) is 4.91. The van der Waals surface area contributed by atoms with E-state index >= 15 is 0 Å². The van der Waals surface area contributed by atoms with Crippen LogP contribution in [-0.4, -0.2) is 30.9 Å². The fraction of sp³-hybridized carbons (Fsp3) is 0.632. The molecule has 0 saturated carbocycles. The average molecular weight is 332 g/mol. The second-order valence-electron chi connectivity index (χ2n) is 7.34. The molecule has 132 valence electrons. The monoisotopic (exact) mass is 332 g/mol. The van der Waals surface area contributed by atoms with Gasteiger partial charge in [-0.2, -0.15) is 0 Å². The number of aryl methyl sites for hydroxylation is 1. The van der Waals surface area contributed by atoms with Crippen LogP contribution in [-0.2, 0) is 25.3 Å². The molecule has 1 aromatic carbocycles. The van der Waals surface area contributed by atoms with Crippen LogP contribution in [0.25, 0.3) is 0 Å². The highest BCUT2D eigenvalue weighted by Gasteiger charge is 2.51. The second-order valence-corrected chi connectivity index (χ2v) is 7.34. The Morgan fingerprint density at radius 2 is 1.62 bits per heavy atom. The van der Waals surface area contributed by atoms with Crippen LogP contribution in [0.15, 0.2) is 24.3 Å². The van der Waals surface area contributed by atoms with Gasteiger partial charge in [0.05, 0.1) is 17.8 Å². The van der Waals surface area contributed by atoms with Gasteiger partial charge in [-0.3, -0.25) is 4.79 Å². The van der Waals surface area contributed by atoms with E-state index in [4.69, 9.17) is 14.0 Å². The summed E-state index contributed by atoms with van der Waals surface area (Å²) in [4.78, 5) is 11.3. The standard InChI is InChI=1S/C19H29BO4/c1-6-22-17(21)10-8-7-9-15-11-13-16(14-12-15)20-23-18(2,3)19(4,5)24-20/h11-14H,6-10H2,1-5H3. The molecule has 0 radical (unpaired) electrons. The minimum atomic E-state index is -0.316. The molecule has 0 aromatic heterocycles. The van der Waals surface area contributed by atoms with Gasteiger partial charge < -0.3 is 14.0 Å². The number of ether oxygens (including phenoxy) is 1. The molecule has 0 spiro atoms. The van der Waals surface area contributed by atoms with Gasteiger partial charge in [-0.15, -0.1) is 0 Å². The van der Waals surface area contributed by atoms with Crippen molar-refractivity contribution >= 4 is 18.6 Å². The van der Waals surface area contributed by atoms with E-state index < -0.39 is 0 Å². The van der Waals surface area contributed by atoms with Gasteiger partial charge in [0, 0.05) is 6.42 Å². The number of unbranched alkanes of at least 4 members (excludes halogenated alkanes) is 1. The highest BCUT2D eigenvalue weighted by atomic mass is 16.7. The summed E-state index contributed by atoms with van der Waals surface area (Å²) in [6.45, 7) is 10.5. The number of rotatable bonds is 7. The maximum Gasteiger partial charge on any atom is 0.494 e. The van der Waals surface area contributed by atoms with Crippen LogP contribution in [0.5, 0.6) is 0 Å². The molecular formula is C19H29BO4. The van der Waals surface area contributed by atoms with Crippen molar-refractivity contribution in [3.05, 3.63) is 29.8 Å². The Hall–Kier alpha value is -1.33. The van der Waals surface area contributed by atoms with Gasteiger partial charge in [-0.05, 0) is 64.9 Å². The van der Waals surface area contributed by atoms with Crippen molar-refractivity contribution < 1.29 is 18.8 Å². The highest BCUT2D eigenvalue weighted by Crippen LogP contribution is 2.36. The van der Waals surface area contributed by atoms with Crippen LogP contribution in [0.1, 0.15) is 59.4 Å². The molecule has 0 atom stereocenters. The molecule has 0 unspecified atom stereocenters. The molecule has 1 fully saturated rings. The first-order valence-corrected chi connectivity index (χ1v) is 8.85. The van der Waals surface area contributed by atoms with Crippen molar-refractivity contribution in [2.24, 2.45) is 0 Å². The fourth-order valence-corrected chi connectivity index (χ4v) is 2.65. The number of carbonyl (C=O) groups is 1. The predicted octanol–water partition coefficient (Wildman–Crippen LogP) is 3.26. The molecule has 0 N–H and O–H groups in total. The van der Waals surface area contributed by atoms with Crippen molar-refractivity contribution in [1.29, 1.82) is 0 Å². The van der Waals surface area contributed by atoms with Gasteiger partial charge in [-0.1, -0.05) is 24.3 Å². The molecule has 1 aromatic rings. The summed E-state index contributed by atoms with van der Waals surface area (Å²) in [5.74, 6) is -0.103. The zero-order chi connectivity index (χ0) is 17.8. The number of hydrogen-bond acceptors (Lipinski definition) is 4. The minimum Gasteiger partial charge on any atom is -0.466 e. The van der Waals surface area contributed by atoms with Gasteiger partial charge in [0.2, 0.25) is 0 Å². The van der Waals surface area contributed by atoms with E-state index in [0.717, 1.165) is 24.7 Å². The molecule has 1 heterocycles. The van der Waals surface area contributed by atoms with Gasteiger partial charge in [0.15, 0.2) is 0 Å².